The monoisotopic (exact) mass is 180 g/mol. The average Bonchev–Trinajstić information content (AvgIpc) is 2.03. The highest BCUT2D eigenvalue weighted by molar-refractivity contribution is 5.39. The molecule has 0 spiro atoms. The first kappa shape index (κ1) is 10.1. The van der Waals surface area contributed by atoms with Crippen molar-refractivity contribution < 1.29 is 10.5 Å². The second-order valence-corrected chi connectivity index (χ2v) is 3.64. The Hall–Kier alpha value is -1.02. The van der Waals surface area contributed by atoms with E-state index in [1.54, 1.807) is 0 Å². The van der Waals surface area contributed by atoms with Gasteiger partial charge in [-0.1, -0.05) is 18.2 Å². The Bertz CT molecular complexity index is 261. The first-order valence-corrected chi connectivity index (χ1v) is 4.63. The summed E-state index contributed by atoms with van der Waals surface area (Å²) >= 11 is 0. The Morgan fingerprint density at radius 3 is 2.31 bits per heavy atom. The van der Waals surface area contributed by atoms with Crippen molar-refractivity contribution in [2.75, 3.05) is 6.61 Å². The Labute approximate surface area is 79.7 Å². The van der Waals surface area contributed by atoms with Crippen LogP contribution in [0.5, 0.6) is 5.75 Å². The zero-order chi connectivity index (χ0) is 9.84. The van der Waals surface area contributed by atoms with Crippen molar-refractivity contribution in [3.63, 3.8) is 0 Å². The van der Waals surface area contributed by atoms with Gasteiger partial charge in [-0.15, -0.1) is 0 Å². The molecule has 1 aromatic rings. The van der Waals surface area contributed by atoms with E-state index < -0.39 is 0 Å². The Kier molecular flexibility index (Phi) is 3.32. The molecule has 0 aliphatic carbocycles. The van der Waals surface area contributed by atoms with E-state index in [2.05, 4.69) is 31.7 Å². The van der Waals surface area contributed by atoms with E-state index in [-0.39, 0.29) is 0 Å². The molecule has 0 aromatic heterocycles. The van der Waals surface area contributed by atoms with E-state index in [4.69, 9.17) is 4.74 Å². The van der Waals surface area contributed by atoms with Gasteiger partial charge in [0.2, 0.25) is 0 Å². The van der Waals surface area contributed by atoms with Gasteiger partial charge in [-0.05, 0) is 31.9 Å². The average molecular weight is 180 g/mol. The van der Waals surface area contributed by atoms with Gasteiger partial charge in [-0.25, -0.2) is 0 Å². The number of hydrogen-bond donors (Lipinski definition) is 1. The summed E-state index contributed by atoms with van der Waals surface area (Å²) in [6.07, 6.45) is 0. The van der Waals surface area contributed by atoms with Crippen LogP contribution in [0.4, 0.5) is 0 Å². The second kappa shape index (κ2) is 4.28. The molecule has 1 atom stereocenters. The van der Waals surface area contributed by atoms with Crippen molar-refractivity contribution in [3.8, 4) is 5.75 Å². The molecule has 0 aliphatic heterocycles. The van der Waals surface area contributed by atoms with Crippen LogP contribution in [0.3, 0.4) is 0 Å². The van der Waals surface area contributed by atoms with Crippen molar-refractivity contribution >= 4 is 0 Å². The molecule has 2 nitrogen and oxygen atoms in total. The lowest BCUT2D eigenvalue weighted by Gasteiger charge is -2.11. The summed E-state index contributed by atoms with van der Waals surface area (Å²) in [4.78, 5) is 0. The minimum atomic E-state index is 0.332. The molecule has 0 bridgehead atoms. The zero-order valence-electron chi connectivity index (χ0n) is 8.63. The SMILES string of the molecule is Cc1cccc(C)c1OC[C@H](C)[NH3+]. The van der Waals surface area contributed by atoms with Gasteiger partial charge in [0, 0.05) is 0 Å². The van der Waals surface area contributed by atoms with E-state index in [1.165, 1.54) is 11.1 Å². The van der Waals surface area contributed by atoms with Gasteiger partial charge in [0.1, 0.15) is 18.4 Å². The van der Waals surface area contributed by atoms with Crippen molar-refractivity contribution in [2.45, 2.75) is 26.8 Å². The fraction of sp³-hybridized carbons (Fsp3) is 0.455. The van der Waals surface area contributed by atoms with Crippen molar-refractivity contribution in [3.05, 3.63) is 29.3 Å². The number of benzene rings is 1. The largest absolute Gasteiger partial charge is 0.487 e. The highest BCUT2D eigenvalue weighted by Crippen LogP contribution is 2.21. The molecule has 0 fully saturated rings. The molecule has 0 unspecified atom stereocenters. The predicted molar refractivity (Wildman–Crippen MR) is 53.8 cm³/mol. The molecular formula is C11H18NO+. The normalized spacial score (nSPS) is 12.6. The van der Waals surface area contributed by atoms with Crippen LogP contribution >= 0.6 is 0 Å². The van der Waals surface area contributed by atoms with Crippen molar-refractivity contribution in [2.24, 2.45) is 0 Å². The lowest BCUT2D eigenvalue weighted by molar-refractivity contribution is -0.417. The summed E-state index contributed by atoms with van der Waals surface area (Å²) in [7, 11) is 0. The van der Waals surface area contributed by atoms with Crippen LogP contribution in [0.25, 0.3) is 0 Å². The van der Waals surface area contributed by atoms with Gasteiger partial charge >= 0.3 is 0 Å². The van der Waals surface area contributed by atoms with Gasteiger partial charge in [0.05, 0.1) is 0 Å². The predicted octanol–water partition coefficient (Wildman–Crippen LogP) is 1.31. The zero-order valence-corrected chi connectivity index (χ0v) is 8.63. The molecule has 0 amide bonds. The summed E-state index contributed by atoms with van der Waals surface area (Å²) in [5, 5.41) is 0. The summed E-state index contributed by atoms with van der Waals surface area (Å²) in [6, 6.07) is 6.51. The quantitative estimate of drug-likeness (QED) is 0.748. The molecule has 1 aromatic carbocycles. The maximum Gasteiger partial charge on any atom is 0.139 e. The fourth-order valence-electron chi connectivity index (χ4n) is 1.25. The maximum atomic E-state index is 5.67. The topological polar surface area (TPSA) is 36.9 Å². The summed E-state index contributed by atoms with van der Waals surface area (Å²) in [5.74, 6) is 1.01. The third-order valence-electron chi connectivity index (χ3n) is 1.92. The number of rotatable bonds is 3. The van der Waals surface area contributed by atoms with Crippen molar-refractivity contribution in [1.29, 1.82) is 0 Å². The molecule has 0 saturated carbocycles. The smallest absolute Gasteiger partial charge is 0.139 e. The third-order valence-corrected chi connectivity index (χ3v) is 1.92. The summed E-state index contributed by atoms with van der Waals surface area (Å²) in [6.45, 7) is 6.87. The van der Waals surface area contributed by atoms with Crippen LogP contribution in [0.2, 0.25) is 0 Å². The molecule has 0 saturated heterocycles. The Balaban J connectivity index is 2.75. The number of ether oxygens (including phenoxy) is 1. The Morgan fingerprint density at radius 2 is 1.85 bits per heavy atom. The van der Waals surface area contributed by atoms with Crippen molar-refractivity contribution in [1.82, 2.24) is 0 Å². The van der Waals surface area contributed by atoms with E-state index in [0.717, 1.165) is 5.75 Å². The lowest BCUT2D eigenvalue weighted by atomic mass is 10.1. The van der Waals surface area contributed by atoms with Crippen LogP contribution in [-0.4, -0.2) is 12.6 Å². The van der Waals surface area contributed by atoms with Gasteiger partial charge in [-0.3, -0.25) is 0 Å². The lowest BCUT2D eigenvalue weighted by Crippen LogP contribution is -2.61. The van der Waals surface area contributed by atoms with Crippen LogP contribution in [0, 0.1) is 13.8 Å². The minimum Gasteiger partial charge on any atom is -0.487 e. The third kappa shape index (κ3) is 2.74. The van der Waals surface area contributed by atoms with E-state index >= 15 is 0 Å². The van der Waals surface area contributed by atoms with Crippen LogP contribution in [-0.2, 0) is 0 Å². The molecule has 3 N–H and O–H groups in total. The van der Waals surface area contributed by atoms with E-state index in [1.807, 2.05) is 13.0 Å². The Morgan fingerprint density at radius 1 is 1.31 bits per heavy atom. The summed E-state index contributed by atoms with van der Waals surface area (Å²) in [5.41, 5.74) is 6.28. The van der Waals surface area contributed by atoms with Gasteiger partial charge in [0.25, 0.3) is 0 Å². The first-order valence-electron chi connectivity index (χ1n) is 4.63. The fourth-order valence-corrected chi connectivity index (χ4v) is 1.25. The van der Waals surface area contributed by atoms with Gasteiger partial charge in [0.15, 0.2) is 0 Å². The maximum absolute atomic E-state index is 5.67. The molecule has 1 rings (SSSR count). The molecule has 0 radical (unpaired) electrons. The summed E-state index contributed by atoms with van der Waals surface area (Å²) < 4.78 is 5.67. The highest BCUT2D eigenvalue weighted by Gasteiger charge is 2.04. The molecule has 72 valence electrons. The van der Waals surface area contributed by atoms with E-state index in [9.17, 15) is 0 Å². The number of para-hydroxylation sites is 1. The molecule has 2 heteroatoms. The second-order valence-electron chi connectivity index (χ2n) is 3.64. The minimum absolute atomic E-state index is 0.332. The van der Waals surface area contributed by atoms with Crippen LogP contribution < -0.4 is 10.5 Å². The number of hydrogen-bond acceptors (Lipinski definition) is 1. The van der Waals surface area contributed by atoms with Gasteiger partial charge < -0.3 is 10.5 Å². The van der Waals surface area contributed by atoms with E-state index in [0.29, 0.717) is 12.6 Å². The van der Waals surface area contributed by atoms with Crippen LogP contribution in [0.1, 0.15) is 18.1 Å². The van der Waals surface area contributed by atoms with Gasteiger partial charge in [-0.2, -0.15) is 0 Å². The molecule has 0 aliphatic rings. The molecular weight excluding hydrogens is 162 g/mol. The standard InChI is InChI=1S/C11H17NO/c1-8-5-4-6-9(2)11(8)13-7-10(3)12/h4-6,10H,7,12H2,1-3H3/p+1/t10-/m0/s1. The highest BCUT2D eigenvalue weighted by atomic mass is 16.5. The number of aryl methyl sites for hydroxylation is 2. The molecule has 13 heavy (non-hydrogen) atoms. The number of quaternary nitrogens is 1. The first-order chi connectivity index (χ1) is 6.11. The molecule has 0 heterocycles. The van der Waals surface area contributed by atoms with Crippen LogP contribution in [0.15, 0.2) is 18.2 Å².